The van der Waals surface area contributed by atoms with Gasteiger partial charge in [-0.25, -0.2) is 0 Å². The van der Waals surface area contributed by atoms with Gasteiger partial charge in [-0.1, -0.05) is 147 Å². The lowest BCUT2D eigenvalue weighted by molar-refractivity contribution is 0.555. The topological polar surface area (TPSA) is 17.1 Å². The molecule has 1 aromatic carbocycles. The molecule has 0 atom stereocenters. The van der Waals surface area contributed by atoms with Crippen LogP contribution < -0.4 is 0 Å². The van der Waals surface area contributed by atoms with Gasteiger partial charge in [-0.3, -0.25) is 0 Å². The number of hydrogen-bond acceptors (Lipinski definition) is 1. The molecule has 3 heteroatoms. The van der Waals surface area contributed by atoms with E-state index < -0.39 is 7.14 Å². The average Bonchev–Trinajstić information content (AvgIpc) is 2.82. The summed E-state index contributed by atoms with van der Waals surface area (Å²) >= 11 is 5.54. The van der Waals surface area contributed by atoms with Gasteiger partial charge in [0.2, 0.25) is 0 Å². The Balaban J connectivity index is 0.00000123. The largest absolute Gasteiger partial charge is 0.324 e. The molecule has 194 valence electrons. The van der Waals surface area contributed by atoms with E-state index in [4.69, 9.17) is 11.6 Å². The first-order valence-corrected chi connectivity index (χ1v) is 17.0. The highest BCUT2D eigenvalue weighted by molar-refractivity contribution is 7.63. The van der Waals surface area contributed by atoms with Gasteiger partial charge in [0, 0.05) is 23.5 Å². The predicted molar refractivity (Wildman–Crippen MR) is 154 cm³/mol. The van der Waals surface area contributed by atoms with Gasteiger partial charge in [0.1, 0.15) is 0 Å². The molecule has 0 heterocycles. The third-order valence-corrected chi connectivity index (χ3v) is 10.1. The van der Waals surface area contributed by atoms with Crippen molar-refractivity contribution in [3.63, 3.8) is 0 Å². The molecule has 1 aromatic rings. The predicted octanol–water partition coefficient (Wildman–Crippen LogP) is 11.8. The van der Waals surface area contributed by atoms with E-state index in [1.807, 2.05) is 30.3 Å². The van der Waals surface area contributed by atoms with Crippen molar-refractivity contribution in [2.75, 3.05) is 18.5 Å². The van der Waals surface area contributed by atoms with Crippen LogP contribution in [0.3, 0.4) is 0 Å². The van der Waals surface area contributed by atoms with E-state index in [0.717, 1.165) is 23.5 Å². The first-order valence-electron chi connectivity index (χ1n) is 14.4. The highest BCUT2D eigenvalue weighted by Crippen LogP contribution is 2.48. The van der Waals surface area contributed by atoms with Gasteiger partial charge in [0.25, 0.3) is 0 Å². The van der Waals surface area contributed by atoms with Gasteiger partial charge >= 0.3 is 0 Å². The molecule has 0 unspecified atom stereocenters. The highest BCUT2D eigenvalue weighted by Gasteiger charge is 2.20. The van der Waals surface area contributed by atoms with Crippen LogP contribution in [0.2, 0.25) is 5.02 Å². The van der Waals surface area contributed by atoms with Crippen LogP contribution in [-0.2, 0) is 4.57 Å². The Kier molecular flexibility index (Phi) is 24.7. The van der Waals surface area contributed by atoms with E-state index in [1.165, 1.54) is 116 Å². The van der Waals surface area contributed by atoms with Crippen LogP contribution in [0, 0.1) is 0 Å². The van der Waals surface area contributed by atoms with Crippen molar-refractivity contribution in [2.45, 2.75) is 136 Å². The van der Waals surface area contributed by atoms with Gasteiger partial charge in [-0.05, 0) is 31.4 Å². The van der Waals surface area contributed by atoms with Crippen LogP contribution >= 0.6 is 18.7 Å². The van der Waals surface area contributed by atoms with Crippen LogP contribution in [0.25, 0.3) is 0 Å². The van der Waals surface area contributed by atoms with Gasteiger partial charge in [0.05, 0.1) is 7.14 Å². The Hall–Kier alpha value is -0.260. The SMILES string of the molecule is CCCCCCCCP(=O)(CCCCCCCC)CCCCCCCC.Clc1ccccc1. The van der Waals surface area contributed by atoms with Crippen molar-refractivity contribution in [1.82, 2.24) is 0 Å². The van der Waals surface area contributed by atoms with E-state index in [2.05, 4.69) is 20.8 Å². The van der Waals surface area contributed by atoms with Crippen LogP contribution in [0.1, 0.15) is 136 Å². The Morgan fingerprint density at radius 2 is 0.818 bits per heavy atom. The molecular weight excluding hydrogens is 443 g/mol. The summed E-state index contributed by atoms with van der Waals surface area (Å²) in [5.74, 6) is 0. The third-order valence-electron chi connectivity index (χ3n) is 6.49. The molecule has 0 fully saturated rings. The quantitative estimate of drug-likeness (QED) is 0.121. The molecule has 33 heavy (non-hydrogen) atoms. The van der Waals surface area contributed by atoms with Crippen LogP contribution in [-0.4, -0.2) is 18.5 Å². The van der Waals surface area contributed by atoms with Crippen molar-refractivity contribution in [1.29, 1.82) is 0 Å². The summed E-state index contributed by atoms with van der Waals surface area (Å²) < 4.78 is 13.5. The lowest BCUT2D eigenvalue weighted by Gasteiger charge is -2.18. The Morgan fingerprint density at radius 1 is 0.515 bits per heavy atom. The van der Waals surface area contributed by atoms with Crippen LogP contribution in [0.4, 0.5) is 0 Å². The second-order valence-electron chi connectivity index (χ2n) is 9.83. The number of benzene rings is 1. The van der Waals surface area contributed by atoms with Crippen molar-refractivity contribution in [2.24, 2.45) is 0 Å². The van der Waals surface area contributed by atoms with E-state index in [-0.39, 0.29) is 0 Å². The summed E-state index contributed by atoms with van der Waals surface area (Å²) in [5.41, 5.74) is 0. The maximum atomic E-state index is 13.5. The molecule has 0 saturated heterocycles. The second kappa shape index (κ2) is 24.9. The van der Waals surface area contributed by atoms with Crippen LogP contribution in [0.5, 0.6) is 0 Å². The fourth-order valence-corrected chi connectivity index (χ4v) is 7.51. The summed E-state index contributed by atoms with van der Waals surface area (Å²) in [5, 5.41) is 0.794. The molecule has 0 spiro atoms. The summed E-state index contributed by atoms with van der Waals surface area (Å²) in [6, 6.07) is 9.44. The Morgan fingerprint density at radius 3 is 1.09 bits per heavy atom. The average molecular weight is 499 g/mol. The summed E-state index contributed by atoms with van der Waals surface area (Å²) in [4.78, 5) is 0. The van der Waals surface area contributed by atoms with E-state index >= 15 is 0 Å². The monoisotopic (exact) mass is 498 g/mol. The molecular formula is C30H56ClOP. The molecule has 1 nitrogen and oxygen atoms in total. The van der Waals surface area contributed by atoms with Crippen molar-refractivity contribution >= 4 is 18.7 Å². The number of halogens is 1. The zero-order valence-corrected chi connectivity index (χ0v) is 24.1. The lowest BCUT2D eigenvalue weighted by atomic mass is 10.1. The molecule has 0 N–H and O–H groups in total. The molecule has 0 aliphatic carbocycles. The minimum atomic E-state index is -1.89. The fraction of sp³-hybridized carbons (Fsp3) is 0.800. The van der Waals surface area contributed by atoms with E-state index in [1.54, 1.807) is 0 Å². The van der Waals surface area contributed by atoms with Gasteiger partial charge in [0.15, 0.2) is 0 Å². The second-order valence-corrected chi connectivity index (χ2v) is 13.7. The Labute approximate surface area is 213 Å². The number of hydrogen-bond donors (Lipinski definition) is 0. The Bertz CT molecular complexity index is 498. The van der Waals surface area contributed by atoms with E-state index in [9.17, 15) is 4.57 Å². The van der Waals surface area contributed by atoms with Gasteiger partial charge in [-0.2, -0.15) is 0 Å². The number of unbranched alkanes of at least 4 members (excludes halogenated alkanes) is 15. The maximum absolute atomic E-state index is 13.5. The smallest absolute Gasteiger partial charge is 0.0877 e. The third kappa shape index (κ3) is 23.3. The summed E-state index contributed by atoms with van der Waals surface area (Å²) in [6.45, 7) is 6.82. The molecule has 0 aliphatic rings. The first-order chi connectivity index (χ1) is 16.1. The molecule has 1 rings (SSSR count). The highest BCUT2D eigenvalue weighted by atomic mass is 35.5. The van der Waals surface area contributed by atoms with Gasteiger partial charge < -0.3 is 4.57 Å². The zero-order valence-electron chi connectivity index (χ0n) is 22.5. The van der Waals surface area contributed by atoms with Crippen LogP contribution in [0.15, 0.2) is 30.3 Å². The fourth-order valence-electron chi connectivity index (χ4n) is 4.29. The molecule has 0 aromatic heterocycles. The van der Waals surface area contributed by atoms with E-state index in [0.29, 0.717) is 0 Å². The van der Waals surface area contributed by atoms with Crippen molar-refractivity contribution < 1.29 is 4.57 Å². The summed E-state index contributed by atoms with van der Waals surface area (Å²) in [6.07, 6.45) is 26.9. The first kappa shape index (κ1) is 32.7. The molecule has 0 saturated carbocycles. The molecule has 0 aliphatic heterocycles. The van der Waals surface area contributed by atoms with Crippen molar-refractivity contribution in [3.05, 3.63) is 35.4 Å². The molecule has 0 amide bonds. The van der Waals surface area contributed by atoms with Gasteiger partial charge in [-0.15, -0.1) is 0 Å². The molecule has 0 radical (unpaired) electrons. The summed E-state index contributed by atoms with van der Waals surface area (Å²) in [7, 11) is -1.89. The lowest BCUT2D eigenvalue weighted by Crippen LogP contribution is -2.02. The maximum Gasteiger partial charge on any atom is 0.0877 e. The minimum absolute atomic E-state index is 0.794. The number of rotatable bonds is 21. The normalized spacial score (nSPS) is 11.3. The van der Waals surface area contributed by atoms with Crippen molar-refractivity contribution in [3.8, 4) is 0 Å². The zero-order chi connectivity index (χ0) is 24.5. The minimum Gasteiger partial charge on any atom is -0.324 e. The standard InChI is InChI=1S/C24H51OP.C6H5Cl/c1-4-7-10-13-16-19-22-26(25,23-20-17-14-11-8-5-2)24-21-18-15-12-9-6-3;7-6-4-2-1-3-5-6/h4-24H2,1-3H3;1-5H. The molecule has 0 bridgehead atoms.